The van der Waals surface area contributed by atoms with Crippen LogP contribution < -0.4 is 0 Å². The third kappa shape index (κ3) is 3.46. The third-order valence-corrected chi connectivity index (χ3v) is 7.89. The minimum absolute atomic E-state index is 0.0211. The van der Waals surface area contributed by atoms with Crippen molar-refractivity contribution in [2.45, 2.75) is 89.2 Å². The van der Waals surface area contributed by atoms with Gasteiger partial charge in [0.05, 0.1) is 17.3 Å². The summed E-state index contributed by atoms with van der Waals surface area (Å²) in [5, 5.41) is 0. The van der Waals surface area contributed by atoms with E-state index in [0.717, 1.165) is 62.7 Å². The van der Waals surface area contributed by atoms with Gasteiger partial charge in [-0.3, -0.25) is 19.4 Å². The molecule has 0 N–H and O–H groups in total. The zero-order valence-corrected chi connectivity index (χ0v) is 19.4. The van der Waals surface area contributed by atoms with E-state index in [4.69, 9.17) is 1.37 Å². The van der Waals surface area contributed by atoms with Crippen molar-refractivity contribution in [2.75, 3.05) is 7.05 Å². The van der Waals surface area contributed by atoms with Crippen LogP contribution in [0.25, 0.3) is 0 Å². The normalized spacial score (nSPS) is 38.0. The molecule has 2 saturated heterocycles. The lowest BCUT2D eigenvalue weighted by Crippen LogP contribution is -2.42. The average Bonchev–Trinajstić information content (AvgIpc) is 3.34. The molecule has 3 fully saturated rings. The van der Waals surface area contributed by atoms with E-state index in [1.54, 1.807) is 4.90 Å². The second kappa shape index (κ2) is 9.13. The van der Waals surface area contributed by atoms with E-state index in [0.29, 0.717) is 17.5 Å². The Labute approximate surface area is 198 Å². The van der Waals surface area contributed by atoms with Gasteiger partial charge in [-0.25, -0.2) is 0 Å². The molecule has 5 rings (SSSR count). The maximum atomic E-state index is 13.4. The lowest BCUT2D eigenvalue weighted by atomic mass is 9.77. The molecule has 1 saturated carbocycles. The Morgan fingerprint density at radius 1 is 1.03 bits per heavy atom. The van der Waals surface area contributed by atoms with Gasteiger partial charge < -0.3 is 0 Å². The summed E-state index contributed by atoms with van der Waals surface area (Å²) in [5.74, 6) is -2.73. The second-order valence-corrected chi connectivity index (χ2v) is 9.85. The van der Waals surface area contributed by atoms with E-state index in [9.17, 15) is 13.7 Å². The molecule has 0 aromatic heterocycles. The van der Waals surface area contributed by atoms with Gasteiger partial charge in [0.15, 0.2) is 0 Å². The van der Waals surface area contributed by atoms with E-state index in [-0.39, 0.29) is 18.0 Å². The van der Waals surface area contributed by atoms with Crippen molar-refractivity contribution in [3.05, 3.63) is 47.5 Å². The first-order valence-corrected chi connectivity index (χ1v) is 12.6. The number of carbonyl (C=O) groups excluding carboxylic acids is 2. The molecule has 32 heavy (non-hydrogen) atoms. The van der Waals surface area contributed by atoms with Crippen LogP contribution >= 0.6 is 0 Å². The van der Waals surface area contributed by atoms with Gasteiger partial charge in [-0.2, -0.15) is 0 Å². The number of nitrogens with zero attached hydrogens (tertiary/aromatic N) is 2. The Morgan fingerprint density at radius 3 is 2.25 bits per heavy atom. The third-order valence-electron chi connectivity index (χ3n) is 7.89. The Kier molecular flexibility index (Phi) is 5.00. The van der Waals surface area contributed by atoms with E-state index in [2.05, 4.69) is 6.92 Å². The standard InChI is InChI=1S/C28H38N2O2/c1-3-4-5-6-7-11-18-22(19-14-9-8-10-15-19)30-25-20-16-12-13-17-21(20)26(30)24-23(25)27(31)29(2)28(24)32/h11-13,16-19,22-26H,3-10,14-15H2,1-2H3/b18-11+/t22?,23-,24+,25?,26?/i11D,18D,25D,26D. The van der Waals surface area contributed by atoms with Gasteiger partial charge in [0.1, 0.15) is 0 Å². The van der Waals surface area contributed by atoms with Crippen LogP contribution in [0.4, 0.5) is 0 Å². The predicted octanol–water partition coefficient (Wildman–Crippen LogP) is 5.80. The number of carbonyl (C=O) groups is 2. The van der Waals surface area contributed by atoms with Crippen LogP contribution in [0.5, 0.6) is 0 Å². The van der Waals surface area contributed by atoms with Crippen LogP contribution in [-0.2, 0) is 9.59 Å². The summed E-state index contributed by atoms with van der Waals surface area (Å²) in [6, 6.07) is 3.86. The van der Waals surface area contributed by atoms with Gasteiger partial charge in [0, 0.05) is 25.1 Å². The topological polar surface area (TPSA) is 40.6 Å². The number of allylic oxidation sites excluding steroid dienone is 1. The molecule has 172 valence electrons. The van der Waals surface area contributed by atoms with E-state index >= 15 is 0 Å². The number of unbranched alkanes of at least 4 members (excludes halogenated alkanes) is 3. The first-order chi connectivity index (χ1) is 17.2. The number of hydrogen-bond donors (Lipinski definition) is 0. The minimum atomic E-state index is -1.61. The van der Waals surface area contributed by atoms with Crippen LogP contribution in [-0.4, -0.2) is 34.7 Å². The molecule has 3 heterocycles. The maximum absolute atomic E-state index is 13.4. The van der Waals surface area contributed by atoms with Crippen LogP contribution in [0.3, 0.4) is 0 Å². The summed E-state index contributed by atoms with van der Waals surface area (Å²) in [6.45, 7) is 2.14. The minimum Gasteiger partial charge on any atom is -0.285 e. The highest BCUT2D eigenvalue weighted by molar-refractivity contribution is 6.06. The summed E-state index contributed by atoms with van der Waals surface area (Å²) in [5.41, 5.74) is 1.20. The summed E-state index contributed by atoms with van der Waals surface area (Å²) in [6.07, 6.45) is 9.45. The Bertz CT molecular complexity index is 1030. The molecule has 0 radical (unpaired) electrons. The number of hydrogen-bond acceptors (Lipinski definition) is 3. The van der Waals surface area contributed by atoms with Crippen molar-refractivity contribution >= 4 is 11.8 Å². The highest BCUT2D eigenvalue weighted by Gasteiger charge is 2.67. The van der Waals surface area contributed by atoms with Crippen LogP contribution in [0.15, 0.2) is 36.4 Å². The van der Waals surface area contributed by atoms with Crippen molar-refractivity contribution in [3.63, 3.8) is 0 Å². The first-order valence-electron chi connectivity index (χ1n) is 14.6. The second-order valence-electron chi connectivity index (χ2n) is 9.85. The molecule has 3 aliphatic heterocycles. The predicted molar refractivity (Wildman–Crippen MR) is 127 cm³/mol. The van der Waals surface area contributed by atoms with Gasteiger partial charge >= 0.3 is 0 Å². The molecule has 2 bridgehead atoms. The quantitative estimate of drug-likeness (QED) is 0.292. The monoisotopic (exact) mass is 438 g/mol. The van der Waals surface area contributed by atoms with Crippen molar-refractivity contribution in [2.24, 2.45) is 17.8 Å². The zero-order valence-electron chi connectivity index (χ0n) is 23.4. The zero-order chi connectivity index (χ0) is 25.8. The van der Waals surface area contributed by atoms with Gasteiger partial charge in [0.2, 0.25) is 11.8 Å². The first kappa shape index (κ1) is 17.5. The molecule has 1 aliphatic carbocycles. The summed E-state index contributed by atoms with van der Waals surface area (Å²) >= 11 is 0. The van der Waals surface area contributed by atoms with Crippen LogP contribution in [0, 0.1) is 17.8 Å². The fourth-order valence-corrected chi connectivity index (χ4v) is 6.27. The summed E-state index contributed by atoms with van der Waals surface area (Å²) in [7, 11) is 1.46. The largest absolute Gasteiger partial charge is 0.285 e. The van der Waals surface area contributed by atoms with Crippen LogP contribution in [0.1, 0.15) is 99.8 Å². The number of likely N-dealkylation sites (tertiary alicyclic amines) is 1. The fraction of sp³-hybridized carbons (Fsp3) is 0.643. The molecule has 0 spiro atoms. The van der Waals surface area contributed by atoms with E-state index < -0.39 is 41.7 Å². The highest BCUT2D eigenvalue weighted by Crippen LogP contribution is 2.63. The van der Waals surface area contributed by atoms with Gasteiger partial charge in [-0.15, -0.1) is 0 Å². The van der Waals surface area contributed by atoms with E-state index in [1.165, 1.54) is 7.05 Å². The highest BCUT2D eigenvalue weighted by atomic mass is 16.2. The van der Waals surface area contributed by atoms with Crippen molar-refractivity contribution in [1.29, 1.82) is 0 Å². The molecule has 4 nitrogen and oxygen atoms in total. The SMILES string of the molecule is [2H]/C(CCCCCC)=C(/[2H])C(C1CCCCC1)N1C2([2H])c3ccccc3C1([2H])[C@H]1C(=O)N(C)C(=O)[C@H]12. The number of fused-ring (bicyclic) bond motifs is 8. The fourth-order valence-electron chi connectivity index (χ4n) is 6.27. The Balaban J connectivity index is 1.65. The molecular weight excluding hydrogens is 396 g/mol. The molecule has 5 atom stereocenters. The van der Waals surface area contributed by atoms with Gasteiger partial charge in [-0.1, -0.05) is 81.8 Å². The molecular formula is C28H38N2O2. The van der Waals surface area contributed by atoms with Crippen molar-refractivity contribution < 1.29 is 15.1 Å². The number of amides is 2. The number of rotatable bonds is 8. The van der Waals surface area contributed by atoms with Gasteiger partial charge in [-0.05, 0) is 42.7 Å². The summed E-state index contributed by atoms with van der Waals surface area (Å²) < 4.78 is 37.9. The molecule has 4 aliphatic rings. The van der Waals surface area contributed by atoms with Gasteiger partial charge in [0.25, 0.3) is 0 Å². The molecule has 3 unspecified atom stereocenters. The lowest BCUT2D eigenvalue weighted by molar-refractivity contribution is -0.140. The smallest absolute Gasteiger partial charge is 0.234 e. The number of benzene rings is 1. The lowest BCUT2D eigenvalue weighted by Gasteiger charge is -2.39. The van der Waals surface area contributed by atoms with Crippen molar-refractivity contribution in [1.82, 2.24) is 9.80 Å². The van der Waals surface area contributed by atoms with E-state index in [1.807, 2.05) is 24.3 Å². The number of imide groups is 1. The Hall–Kier alpha value is -1.94. The average molecular weight is 439 g/mol. The maximum Gasteiger partial charge on any atom is 0.234 e. The summed E-state index contributed by atoms with van der Waals surface area (Å²) in [4.78, 5) is 29.6. The Morgan fingerprint density at radius 2 is 1.66 bits per heavy atom. The molecule has 1 aromatic carbocycles. The molecule has 4 heteroatoms. The molecule has 2 amide bonds. The van der Waals surface area contributed by atoms with Crippen LogP contribution in [0.2, 0.25) is 0 Å². The van der Waals surface area contributed by atoms with Crippen molar-refractivity contribution in [3.8, 4) is 0 Å². The molecule has 1 aromatic rings.